The summed E-state index contributed by atoms with van der Waals surface area (Å²) in [7, 11) is -3.47. The maximum atomic E-state index is 12.0. The molecule has 1 heterocycles. The van der Waals surface area contributed by atoms with Gasteiger partial charge in [-0.25, -0.2) is 8.42 Å². The zero-order chi connectivity index (χ0) is 14.6. The summed E-state index contributed by atoms with van der Waals surface area (Å²) >= 11 is 0. The van der Waals surface area contributed by atoms with Crippen LogP contribution in [0.2, 0.25) is 0 Å². The molecule has 5 nitrogen and oxygen atoms in total. The number of aliphatic hydroxyl groups excluding tert-OH is 1. The number of nitrogens with one attached hydrogen (secondary N) is 1. The van der Waals surface area contributed by atoms with Gasteiger partial charge in [0, 0.05) is 5.69 Å². The molecule has 2 rings (SSSR count). The van der Waals surface area contributed by atoms with Crippen LogP contribution < -0.4 is 4.72 Å². The molecule has 6 heteroatoms. The van der Waals surface area contributed by atoms with Gasteiger partial charge < -0.3 is 5.11 Å². The lowest BCUT2D eigenvalue weighted by Gasteiger charge is -2.08. The van der Waals surface area contributed by atoms with E-state index >= 15 is 0 Å². The number of rotatable bonds is 5. The highest BCUT2D eigenvalue weighted by Crippen LogP contribution is 2.13. The van der Waals surface area contributed by atoms with E-state index in [9.17, 15) is 8.42 Å². The van der Waals surface area contributed by atoms with Crippen LogP contribution in [0.4, 0.5) is 5.69 Å². The first-order chi connectivity index (χ1) is 9.48. The number of nitrogens with zero attached hydrogens (tertiary/aromatic N) is 1. The molecule has 0 unspecified atom stereocenters. The van der Waals surface area contributed by atoms with Crippen LogP contribution in [0.25, 0.3) is 0 Å². The summed E-state index contributed by atoms with van der Waals surface area (Å²) in [6.45, 7) is 1.78. The second-order valence-electron chi connectivity index (χ2n) is 4.52. The molecule has 1 aromatic carbocycles. The van der Waals surface area contributed by atoms with Gasteiger partial charge in [0.05, 0.1) is 24.2 Å². The van der Waals surface area contributed by atoms with Gasteiger partial charge in [0.1, 0.15) is 0 Å². The van der Waals surface area contributed by atoms with Crippen molar-refractivity contribution >= 4 is 15.7 Å². The van der Waals surface area contributed by atoms with Crippen LogP contribution in [-0.2, 0) is 22.4 Å². The van der Waals surface area contributed by atoms with Crippen molar-refractivity contribution in [2.24, 2.45) is 0 Å². The van der Waals surface area contributed by atoms with Crippen molar-refractivity contribution in [3.8, 4) is 0 Å². The molecule has 2 N–H and O–H groups in total. The van der Waals surface area contributed by atoms with Crippen molar-refractivity contribution in [3.05, 3.63) is 59.4 Å². The third-order valence-electron chi connectivity index (χ3n) is 2.75. The molecule has 0 fully saturated rings. The summed E-state index contributed by atoms with van der Waals surface area (Å²) < 4.78 is 26.5. The average molecular weight is 292 g/mol. The topological polar surface area (TPSA) is 79.3 Å². The number of pyridine rings is 1. The van der Waals surface area contributed by atoms with Crippen molar-refractivity contribution in [1.29, 1.82) is 0 Å². The van der Waals surface area contributed by atoms with Gasteiger partial charge in [-0.05, 0) is 30.2 Å². The lowest BCUT2D eigenvalue weighted by Crippen LogP contribution is -2.15. The molecule has 106 valence electrons. The average Bonchev–Trinajstić information content (AvgIpc) is 2.41. The Morgan fingerprint density at radius 2 is 1.75 bits per heavy atom. The maximum Gasteiger partial charge on any atom is 0.236 e. The van der Waals surface area contributed by atoms with Gasteiger partial charge in [-0.1, -0.05) is 24.3 Å². The van der Waals surface area contributed by atoms with Gasteiger partial charge in [0.25, 0.3) is 0 Å². The minimum atomic E-state index is -3.47. The van der Waals surface area contributed by atoms with E-state index in [2.05, 4.69) is 9.71 Å². The lowest BCUT2D eigenvalue weighted by molar-refractivity contribution is 0.282. The van der Waals surface area contributed by atoms with Crippen LogP contribution in [0, 0.1) is 6.92 Å². The van der Waals surface area contributed by atoms with Gasteiger partial charge in [-0.2, -0.15) is 0 Å². The number of benzene rings is 1. The molecule has 0 saturated carbocycles. The smallest absolute Gasteiger partial charge is 0.236 e. The first-order valence-electron chi connectivity index (χ1n) is 6.10. The molecule has 0 amide bonds. The molecule has 20 heavy (non-hydrogen) atoms. The number of aryl methyl sites for hydroxylation is 1. The molecule has 0 spiro atoms. The van der Waals surface area contributed by atoms with Gasteiger partial charge in [-0.15, -0.1) is 0 Å². The lowest BCUT2D eigenvalue weighted by atomic mass is 10.2. The second-order valence-corrected chi connectivity index (χ2v) is 6.25. The summed E-state index contributed by atoms with van der Waals surface area (Å²) in [5.74, 6) is -0.118. The van der Waals surface area contributed by atoms with E-state index in [1.54, 1.807) is 36.4 Å². The van der Waals surface area contributed by atoms with Gasteiger partial charge in [-0.3, -0.25) is 9.71 Å². The van der Waals surface area contributed by atoms with Crippen LogP contribution in [0.1, 0.15) is 16.8 Å². The van der Waals surface area contributed by atoms with Gasteiger partial charge in [0.15, 0.2) is 0 Å². The largest absolute Gasteiger partial charge is 0.392 e. The number of aliphatic hydroxyl groups is 1. The number of sulfonamides is 1. The molecule has 0 saturated heterocycles. The highest BCUT2D eigenvalue weighted by molar-refractivity contribution is 7.91. The molecule has 0 aliphatic carbocycles. The summed E-state index contributed by atoms with van der Waals surface area (Å²) in [5.41, 5.74) is 2.69. The second kappa shape index (κ2) is 6.02. The van der Waals surface area contributed by atoms with E-state index in [0.29, 0.717) is 11.3 Å². The van der Waals surface area contributed by atoms with E-state index in [0.717, 1.165) is 11.3 Å². The fourth-order valence-corrected chi connectivity index (χ4v) is 2.89. The Morgan fingerprint density at radius 3 is 2.30 bits per heavy atom. The molecule has 0 bridgehead atoms. The molecular formula is C14H16N2O3S. The van der Waals surface area contributed by atoms with E-state index < -0.39 is 10.0 Å². The van der Waals surface area contributed by atoms with Crippen molar-refractivity contribution in [2.45, 2.75) is 19.3 Å². The summed E-state index contributed by atoms with van der Waals surface area (Å²) in [4.78, 5) is 4.04. The monoisotopic (exact) mass is 292 g/mol. The molecule has 0 radical (unpaired) electrons. The van der Waals surface area contributed by atoms with Crippen molar-refractivity contribution in [3.63, 3.8) is 0 Å². The molecule has 2 aromatic rings. The Bertz CT molecular complexity index is 665. The van der Waals surface area contributed by atoms with Crippen molar-refractivity contribution < 1.29 is 13.5 Å². The standard InChI is InChI=1S/C14H16N2O3S/c1-11-2-7-14(8-15-11)16-20(18,19)10-13-5-3-12(9-17)4-6-13/h2-8,16-17H,9-10H2,1H3. The summed E-state index contributed by atoms with van der Waals surface area (Å²) in [5, 5.41) is 8.94. The fraction of sp³-hybridized carbons (Fsp3) is 0.214. The van der Waals surface area contributed by atoms with Crippen LogP contribution in [0.3, 0.4) is 0 Å². The minimum Gasteiger partial charge on any atom is -0.392 e. The Morgan fingerprint density at radius 1 is 1.10 bits per heavy atom. The van der Waals surface area contributed by atoms with Crippen LogP contribution in [-0.4, -0.2) is 18.5 Å². The predicted molar refractivity (Wildman–Crippen MR) is 77.6 cm³/mol. The van der Waals surface area contributed by atoms with Gasteiger partial charge >= 0.3 is 0 Å². The van der Waals surface area contributed by atoms with Crippen LogP contribution in [0.15, 0.2) is 42.6 Å². The SMILES string of the molecule is Cc1ccc(NS(=O)(=O)Cc2ccc(CO)cc2)cn1. The molecule has 0 aliphatic heterocycles. The molecule has 0 atom stereocenters. The Kier molecular flexibility index (Phi) is 4.36. The molecule has 1 aromatic heterocycles. The van der Waals surface area contributed by atoms with E-state index in [1.807, 2.05) is 6.92 Å². The van der Waals surface area contributed by atoms with E-state index in [1.165, 1.54) is 6.20 Å². The Balaban J connectivity index is 2.08. The number of hydrogen-bond donors (Lipinski definition) is 2. The highest BCUT2D eigenvalue weighted by Gasteiger charge is 2.11. The maximum absolute atomic E-state index is 12.0. The quantitative estimate of drug-likeness (QED) is 0.881. The van der Waals surface area contributed by atoms with Crippen LogP contribution >= 0.6 is 0 Å². The van der Waals surface area contributed by atoms with Crippen LogP contribution in [0.5, 0.6) is 0 Å². The molecular weight excluding hydrogens is 276 g/mol. The van der Waals surface area contributed by atoms with Gasteiger partial charge in [0.2, 0.25) is 10.0 Å². The molecule has 0 aliphatic rings. The number of anilines is 1. The van der Waals surface area contributed by atoms with E-state index in [4.69, 9.17) is 5.11 Å². The zero-order valence-corrected chi connectivity index (χ0v) is 11.9. The third-order valence-corrected chi connectivity index (χ3v) is 4.01. The fourth-order valence-electron chi connectivity index (χ4n) is 1.70. The normalized spacial score (nSPS) is 11.3. The van der Waals surface area contributed by atoms with Crippen molar-refractivity contribution in [2.75, 3.05) is 4.72 Å². The summed E-state index contributed by atoms with van der Waals surface area (Å²) in [6.07, 6.45) is 1.49. The summed E-state index contributed by atoms with van der Waals surface area (Å²) in [6, 6.07) is 10.2. The first-order valence-corrected chi connectivity index (χ1v) is 7.75. The number of hydrogen-bond acceptors (Lipinski definition) is 4. The minimum absolute atomic E-state index is 0.0552. The first kappa shape index (κ1) is 14.5. The Labute approximate surface area is 118 Å². The Hall–Kier alpha value is -1.92. The zero-order valence-electron chi connectivity index (χ0n) is 11.1. The number of aromatic nitrogens is 1. The highest BCUT2D eigenvalue weighted by atomic mass is 32.2. The third kappa shape index (κ3) is 4.04. The van der Waals surface area contributed by atoms with Crippen molar-refractivity contribution in [1.82, 2.24) is 4.98 Å². The van der Waals surface area contributed by atoms with E-state index in [-0.39, 0.29) is 12.4 Å². The predicted octanol–water partition coefficient (Wildman–Crippen LogP) is 1.82.